The Balaban J connectivity index is 2.03. The molecule has 0 aliphatic carbocycles. The highest BCUT2D eigenvalue weighted by Gasteiger charge is 2.30. The van der Waals surface area contributed by atoms with Crippen LogP contribution in [0.1, 0.15) is 47.1 Å². The van der Waals surface area contributed by atoms with Crippen molar-refractivity contribution in [1.29, 1.82) is 0 Å². The van der Waals surface area contributed by atoms with E-state index in [0.29, 0.717) is 23.5 Å². The van der Waals surface area contributed by atoms with Gasteiger partial charge in [-0.25, -0.2) is 9.79 Å². The summed E-state index contributed by atoms with van der Waals surface area (Å²) < 4.78 is 5.58. The van der Waals surface area contributed by atoms with E-state index in [9.17, 15) is 20.0 Å². The van der Waals surface area contributed by atoms with Crippen molar-refractivity contribution in [2.24, 2.45) is 4.99 Å². The summed E-state index contributed by atoms with van der Waals surface area (Å²) in [4.78, 5) is 31.0. The summed E-state index contributed by atoms with van der Waals surface area (Å²) >= 11 is 1.40. The molecule has 1 N–H and O–H groups in total. The van der Waals surface area contributed by atoms with Gasteiger partial charge in [-0.3, -0.25) is 10.1 Å². The lowest BCUT2D eigenvalue weighted by atomic mass is 10.0. The second kappa shape index (κ2) is 7.92. The number of phenols is 1. The highest BCUT2D eigenvalue weighted by Crippen LogP contribution is 2.40. The zero-order valence-corrected chi connectivity index (χ0v) is 17.6. The monoisotopic (exact) mass is 417 g/mol. The van der Waals surface area contributed by atoms with Gasteiger partial charge in [0, 0.05) is 41.9 Å². The number of aliphatic imine (C=N–C) groups is 1. The molecule has 0 fully saturated rings. The summed E-state index contributed by atoms with van der Waals surface area (Å²) in [6, 6.07) is 3.72. The van der Waals surface area contributed by atoms with Crippen molar-refractivity contribution in [3.8, 4) is 5.75 Å². The first-order valence-corrected chi connectivity index (χ1v) is 9.94. The van der Waals surface area contributed by atoms with Gasteiger partial charge in [0.2, 0.25) is 0 Å². The Morgan fingerprint density at radius 1 is 1.41 bits per heavy atom. The third-order valence-electron chi connectivity index (χ3n) is 4.37. The van der Waals surface area contributed by atoms with Gasteiger partial charge in [0.05, 0.1) is 10.5 Å². The number of hydrogen-bond donors (Lipinski definition) is 1. The van der Waals surface area contributed by atoms with Crippen LogP contribution in [0.15, 0.2) is 23.2 Å². The van der Waals surface area contributed by atoms with Crippen LogP contribution in [-0.4, -0.2) is 46.3 Å². The number of esters is 1. The van der Waals surface area contributed by atoms with E-state index in [1.54, 1.807) is 0 Å². The molecule has 1 aliphatic rings. The maximum atomic E-state index is 12.9. The minimum atomic E-state index is -0.642. The summed E-state index contributed by atoms with van der Waals surface area (Å²) in [5.41, 5.74) is 0.796. The van der Waals surface area contributed by atoms with Crippen molar-refractivity contribution >= 4 is 34.2 Å². The molecule has 29 heavy (non-hydrogen) atoms. The second-order valence-corrected chi connectivity index (χ2v) is 9.02. The number of benzene rings is 1. The van der Waals surface area contributed by atoms with Gasteiger partial charge in [0.1, 0.15) is 16.4 Å². The largest absolute Gasteiger partial charge is 0.507 e. The normalized spacial score (nSPS) is 14.8. The Morgan fingerprint density at radius 2 is 2.14 bits per heavy atom. The Hall–Kier alpha value is -2.78. The molecule has 0 atom stereocenters. The van der Waals surface area contributed by atoms with Gasteiger partial charge in [-0.05, 0) is 45.9 Å². The van der Waals surface area contributed by atoms with Crippen LogP contribution in [-0.2, 0) is 17.7 Å². The number of aromatic hydroxyl groups is 1. The quantitative estimate of drug-likeness (QED) is 0.348. The zero-order valence-electron chi connectivity index (χ0n) is 16.8. The van der Waals surface area contributed by atoms with Crippen molar-refractivity contribution < 1.29 is 19.6 Å². The molecule has 0 spiro atoms. The van der Waals surface area contributed by atoms with Gasteiger partial charge in [0.25, 0.3) is 5.69 Å². The number of nitro groups is 1. The summed E-state index contributed by atoms with van der Waals surface area (Å²) in [6.07, 6.45) is 2.06. The van der Waals surface area contributed by atoms with Crippen LogP contribution in [0.3, 0.4) is 0 Å². The number of likely N-dealkylation sites (N-methyl/N-ethyl adjacent to an activating group) is 1. The van der Waals surface area contributed by atoms with Gasteiger partial charge in [-0.1, -0.05) is 0 Å². The van der Waals surface area contributed by atoms with E-state index in [0.717, 1.165) is 17.0 Å². The molecule has 2 aromatic rings. The van der Waals surface area contributed by atoms with Gasteiger partial charge >= 0.3 is 5.97 Å². The first-order valence-electron chi connectivity index (χ1n) is 9.13. The Labute approximate surface area is 172 Å². The fourth-order valence-corrected chi connectivity index (χ4v) is 4.29. The summed E-state index contributed by atoms with van der Waals surface area (Å²) in [5.74, 6) is -0.561. The SMILES string of the molecule is CN1CCc2c(sc(N=Cc3cc([N+](=O)[O-])ccc3O)c2C(=O)OC(C)(C)C)C1. The first-order chi connectivity index (χ1) is 13.5. The standard InChI is InChI=1S/C20H23N3O5S/c1-20(2,3)28-19(25)17-14-7-8-22(4)11-16(14)29-18(17)21-10-12-9-13(23(26)27)5-6-15(12)24/h5-6,9-10,24H,7-8,11H2,1-4H3. The third kappa shape index (κ3) is 4.80. The molecule has 1 aromatic heterocycles. The fraction of sp³-hybridized carbons (Fsp3) is 0.400. The molecule has 0 unspecified atom stereocenters. The average Bonchev–Trinajstić information content (AvgIpc) is 2.96. The molecule has 2 heterocycles. The van der Waals surface area contributed by atoms with Crippen LogP contribution in [0.4, 0.5) is 10.7 Å². The maximum Gasteiger partial charge on any atom is 0.342 e. The molecular weight excluding hydrogens is 394 g/mol. The van der Waals surface area contributed by atoms with Gasteiger partial charge in [-0.15, -0.1) is 11.3 Å². The molecule has 9 heteroatoms. The molecule has 0 bridgehead atoms. The smallest absolute Gasteiger partial charge is 0.342 e. The lowest BCUT2D eigenvalue weighted by Crippen LogP contribution is -2.28. The second-order valence-electron chi connectivity index (χ2n) is 7.93. The number of carbonyl (C=O) groups excluding carboxylic acids is 1. The number of nitro benzene ring substituents is 1. The fourth-order valence-electron chi connectivity index (χ4n) is 3.03. The van der Waals surface area contributed by atoms with Gasteiger partial charge < -0.3 is 14.7 Å². The number of phenolic OH excluding ortho intramolecular Hbond substituents is 1. The number of fused-ring (bicyclic) bond motifs is 1. The van der Waals surface area contributed by atoms with E-state index in [4.69, 9.17) is 4.74 Å². The highest BCUT2D eigenvalue weighted by molar-refractivity contribution is 7.16. The van der Waals surface area contributed by atoms with Crippen molar-refractivity contribution in [3.63, 3.8) is 0 Å². The van der Waals surface area contributed by atoms with Gasteiger partial charge in [0.15, 0.2) is 0 Å². The lowest BCUT2D eigenvalue weighted by Gasteiger charge is -2.23. The van der Waals surface area contributed by atoms with Crippen LogP contribution in [0.5, 0.6) is 5.75 Å². The van der Waals surface area contributed by atoms with Crippen LogP contribution in [0.25, 0.3) is 0 Å². The number of rotatable bonds is 4. The zero-order chi connectivity index (χ0) is 21.3. The Morgan fingerprint density at radius 3 is 2.79 bits per heavy atom. The van der Waals surface area contributed by atoms with Crippen molar-refractivity contribution in [1.82, 2.24) is 4.90 Å². The average molecular weight is 417 g/mol. The number of ether oxygens (including phenoxy) is 1. The van der Waals surface area contributed by atoms with Crippen molar-refractivity contribution in [2.75, 3.05) is 13.6 Å². The number of thiophene rings is 1. The van der Waals surface area contributed by atoms with E-state index in [1.807, 2.05) is 27.8 Å². The molecule has 0 radical (unpaired) electrons. The maximum absolute atomic E-state index is 12.9. The number of hydrogen-bond acceptors (Lipinski definition) is 8. The molecule has 3 rings (SSSR count). The lowest BCUT2D eigenvalue weighted by molar-refractivity contribution is -0.384. The Bertz CT molecular complexity index is 991. The Kier molecular flexibility index (Phi) is 5.72. The predicted molar refractivity (Wildman–Crippen MR) is 112 cm³/mol. The van der Waals surface area contributed by atoms with Crippen molar-refractivity contribution in [3.05, 3.63) is 49.9 Å². The topological polar surface area (TPSA) is 105 Å². The van der Waals surface area contributed by atoms with Gasteiger partial charge in [-0.2, -0.15) is 0 Å². The van der Waals surface area contributed by atoms with E-state index in [-0.39, 0.29) is 17.0 Å². The molecular formula is C20H23N3O5S. The third-order valence-corrected chi connectivity index (χ3v) is 5.50. The number of non-ortho nitro benzene ring substituents is 1. The van der Waals surface area contributed by atoms with E-state index in [2.05, 4.69) is 9.89 Å². The predicted octanol–water partition coefficient (Wildman–Crippen LogP) is 4.06. The highest BCUT2D eigenvalue weighted by atomic mass is 32.1. The van der Waals surface area contributed by atoms with E-state index in [1.165, 1.54) is 35.8 Å². The van der Waals surface area contributed by atoms with Crippen LogP contribution >= 0.6 is 11.3 Å². The summed E-state index contributed by atoms with van der Waals surface area (Å²) in [5, 5.41) is 21.5. The number of nitrogens with zero attached hydrogens (tertiary/aromatic N) is 3. The molecule has 1 aromatic carbocycles. The van der Waals surface area contributed by atoms with Crippen LogP contribution in [0.2, 0.25) is 0 Å². The van der Waals surface area contributed by atoms with Crippen LogP contribution < -0.4 is 0 Å². The minimum Gasteiger partial charge on any atom is -0.507 e. The molecule has 0 saturated carbocycles. The molecule has 0 saturated heterocycles. The summed E-state index contributed by atoms with van der Waals surface area (Å²) in [7, 11) is 2.01. The van der Waals surface area contributed by atoms with E-state index < -0.39 is 16.5 Å². The molecule has 8 nitrogen and oxygen atoms in total. The number of carbonyl (C=O) groups is 1. The minimum absolute atomic E-state index is 0.126. The first kappa shape index (κ1) is 20.9. The van der Waals surface area contributed by atoms with E-state index >= 15 is 0 Å². The van der Waals surface area contributed by atoms with Crippen LogP contribution in [0, 0.1) is 10.1 Å². The molecule has 0 amide bonds. The van der Waals surface area contributed by atoms with Crippen molar-refractivity contribution in [2.45, 2.75) is 39.3 Å². The molecule has 1 aliphatic heterocycles. The summed E-state index contributed by atoms with van der Waals surface area (Å²) in [6.45, 7) is 6.96. The molecule has 154 valence electrons.